The summed E-state index contributed by atoms with van der Waals surface area (Å²) in [6.07, 6.45) is 3.69. The molecule has 0 saturated heterocycles. The summed E-state index contributed by atoms with van der Waals surface area (Å²) < 4.78 is 0. The molecule has 0 radical (unpaired) electrons. The van der Waals surface area contributed by atoms with E-state index in [0.29, 0.717) is 0 Å². The van der Waals surface area contributed by atoms with Crippen molar-refractivity contribution in [3.8, 4) is 11.1 Å². The standard InChI is InChI=1S/C13H14N2/c1-9-6-7-15-8-12(9)11-4-3-5-13(14)10(11)2/h3-8H,14H2,1-2H3. The zero-order valence-corrected chi connectivity index (χ0v) is 8.99. The molecule has 0 aliphatic heterocycles. The van der Waals surface area contributed by atoms with Crippen LogP contribution in [0.25, 0.3) is 11.1 Å². The molecule has 1 aromatic carbocycles. The predicted octanol–water partition coefficient (Wildman–Crippen LogP) is 2.95. The molecular formula is C13H14N2. The molecule has 0 aliphatic rings. The molecule has 2 aromatic rings. The molecular weight excluding hydrogens is 184 g/mol. The largest absolute Gasteiger partial charge is 0.398 e. The third kappa shape index (κ3) is 1.71. The first-order chi connectivity index (χ1) is 7.20. The Hall–Kier alpha value is -1.83. The zero-order valence-electron chi connectivity index (χ0n) is 8.99. The molecule has 0 saturated carbocycles. The SMILES string of the molecule is Cc1ccncc1-c1cccc(N)c1C. The average Bonchev–Trinajstić information content (AvgIpc) is 2.23. The van der Waals surface area contributed by atoms with E-state index in [-0.39, 0.29) is 0 Å². The second-order valence-electron chi connectivity index (χ2n) is 3.71. The highest BCUT2D eigenvalue weighted by Crippen LogP contribution is 2.28. The van der Waals surface area contributed by atoms with Crippen LogP contribution in [0.3, 0.4) is 0 Å². The van der Waals surface area contributed by atoms with Crippen LogP contribution >= 0.6 is 0 Å². The van der Waals surface area contributed by atoms with Crippen molar-refractivity contribution in [1.82, 2.24) is 4.98 Å². The Balaban J connectivity index is 2.65. The summed E-state index contributed by atoms with van der Waals surface area (Å²) in [7, 11) is 0. The van der Waals surface area contributed by atoms with Gasteiger partial charge >= 0.3 is 0 Å². The topological polar surface area (TPSA) is 38.9 Å². The van der Waals surface area contributed by atoms with Crippen molar-refractivity contribution in [1.29, 1.82) is 0 Å². The fraction of sp³-hybridized carbons (Fsp3) is 0.154. The first-order valence-electron chi connectivity index (χ1n) is 4.96. The number of benzene rings is 1. The van der Waals surface area contributed by atoms with Crippen LogP contribution in [0.5, 0.6) is 0 Å². The molecule has 0 amide bonds. The molecule has 2 heteroatoms. The van der Waals surface area contributed by atoms with Gasteiger partial charge in [-0.2, -0.15) is 0 Å². The molecule has 1 heterocycles. The molecule has 2 rings (SSSR count). The highest BCUT2D eigenvalue weighted by molar-refractivity contribution is 5.74. The Morgan fingerprint density at radius 1 is 1.07 bits per heavy atom. The van der Waals surface area contributed by atoms with Crippen LogP contribution < -0.4 is 5.73 Å². The van der Waals surface area contributed by atoms with Gasteiger partial charge in [0.25, 0.3) is 0 Å². The minimum atomic E-state index is 0.829. The number of nitrogen functional groups attached to an aromatic ring is 1. The van der Waals surface area contributed by atoms with E-state index in [0.717, 1.165) is 16.8 Å². The maximum absolute atomic E-state index is 5.89. The molecule has 0 atom stereocenters. The number of rotatable bonds is 1. The number of anilines is 1. The summed E-state index contributed by atoms with van der Waals surface area (Å²) in [6.45, 7) is 4.12. The normalized spacial score (nSPS) is 10.3. The maximum Gasteiger partial charge on any atom is 0.0349 e. The van der Waals surface area contributed by atoms with Crippen LogP contribution in [0.1, 0.15) is 11.1 Å². The lowest BCUT2D eigenvalue weighted by Gasteiger charge is -2.10. The lowest BCUT2D eigenvalue weighted by Crippen LogP contribution is -1.93. The summed E-state index contributed by atoms with van der Waals surface area (Å²) in [5, 5.41) is 0. The van der Waals surface area contributed by atoms with E-state index in [9.17, 15) is 0 Å². The van der Waals surface area contributed by atoms with Crippen LogP contribution in [0.2, 0.25) is 0 Å². The molecule has 2 N–H and O–H groups in total. The quantitative estimate of drug-likeness (QED) is 0.715. The van der Waals surface area contributed by atoms with E-state index in [4.69, 9.17) is 5.73 Å². The predicted molar refractivity (Wildman–Crippen MR) is 63.6 cm³/mol. The fourth-order valence-corrected chi connectivity index (χ4v) is 1.69. The summed E-state index contributed by atoms with van der Waals surface area (Å²) in [4.78, 5) is 4.15. The summed E-state index contributed by atoms with van der Waals surface area (Å²) >= 11 is 0. The molecule has 0 fully saturated rings. The number of nitrogens with two attached hydrogens (primary N) is 1. The molecule has 0 bridgehead atoms. The van der Waals surface area contributed by atoms with Crippen molar-refractivity contribution < 1.29 is 0 Å². The maximum atomic E-state index is 5.89. The lowest BCUT2D eigenvalue weighted by molar-refractivity contribution is 1.28. The highest BCUT2D eigenvalue weighted by atomic mass is 14.6. The van der Waals surface area contributed by atoms with E-state index >= 15 is 0 Å². The van der Waals surface area contributed by atoms with E-state index < -0.39 is 0 Å². The van der Waals surface area contributed by atoms with E-state index in [1.165, 1.54) is 11.1 Å². The first kappa shape index (κ1) is 9.71. The molecule has 76 valence electrons. The highest BCUT2D eigenvalue weighted by Gasteiger charge is 2.06. The first-order valence-corrected chi connectivity index (χ1v) is 4.96. The van der Waals surface area contributed by atoms with Gasteiger partial charge in [0.2, 0.25) is 0 Å². The third-order valence-electron chi connectivity index (χ3n) is 2.70. The van der Waals surface area contributed by atoms with Gasteiger partial charge in [0.15, 0.2) is 0 Å². The minimum absolute atomic E-state index is 0.829. The minimum Gasteiger partial charge on any atom is -0.398 e. The number of hydrogen-bond acceptors (Lipinski definition) is 2. The van der Waals surface area contributed by atoms with E-state index in [1.54, 1.807) is 6.20 Å². The van der Waals surface area contributed by atoms with E-state index in [1.807, 2.05) is 31.3 Å². The van der Waals surface area contributed by atoms with Gasteiger partial charge in [-0.25, -0.2) is 0 Å². The van der Waals surface area contributed by atoms with Crippen molar-refractivity contribution in [2.24, 2.45) is 0 Å². The molecule has 1 aromatic heterocycles. The number of hydrogen-bond donors (Lipinski definition) is 1. The molecule has 15 heavy (non-hydrogen) atoms. The Morgan fingerprint density at radius 2 is 1.87 bits per heavy atom. The Morgan fingerprint density at radius 3 is 2.60 bits per heavy atom. The summed E-state index contributed by atoms with van der Waals surface area (Å²) in [6, 6.07) is 7.99. The van der Waals surface area contributed by atoms with Crippen molar-refractivity contribution in [2.75, 3.05) is 5.73 Å². The number of aryl methyl sites for hydroxylation is 1. The van der Waals surface area contributed by atoms with Gasteiger partial charge in [-0.1, -0.05) is 12.1 Å². The Kier molecular flexibility index (Phi) is 2.42. The second kappa shape index (κ2) is 3.73. The van der Waals surface area contributed by atoms with Crippen LogP contribution in [0.15, 0.2) is 36.7 Å². The molecule has 0 unspecified atom stereocenters. The molecule has 0 aliphatic carbocycles. The van der Waals surface area contributed by atoms with Gasteiger partial charge in [-0.15, -0.1) is 0 Å². The fourth-order valence-electron chi connectivity index (χ4n) is 1.69. The van der Waals surface area contributed by atoms with Gasteiger partial charge in [-0.3, -0.25) is 4.98 Å². The zero-order chi connectivity index (χ0) is 10.8. The number of aromatic nitrogens is 1. The van der Waals surface area contributed by atoms with Gasteiger partial charge in [-0.05, 0) is 42.7 Å². The van der Waals surface area contributed by atoms with Crippen LogP contribution in [-0.2, 0) is 0 Å². The van der Waals surface area contributed by atoms with Crippen molar-refractivity contribution in [3.05, 3.63) is 47.8 Å². The Labute approximate surface area is 89.8 Å². The second-order valence-corrected chi connectivity index (χ2v) is 3.71. The van der Waals surface area contributed by atoms with Crippen LogP contribution in [-0.4, -0.2) is 4.98 Å². The summed E-state index contributed by atoms with van der Waals surface area (Å²) in [5.74, 6) is 0. The van der Waals surface area contributed by atoms with Gasteiger partial charge in [0.1, 0.15) is 0 Å². The van der Waals surface area contributed by atoms with Gasteiger partial charge in [0.05, 0.1) is 0 Å². The van der Waals surface area contributed by atoms with Crippen LogP contribution in [0, 0.1) is 13.8 Å². The molecule has 2 nitrogen and oxygen atoms in total. The van der Waals surface area contributed by atoms with Crippen molar-refractivity contribution >= 4 is 5.69 Å². The van der Waals surface area contributed by atoms with Crippen molar-refractivity contribution in [3.63, 3.8) is 0 Å². The number of pyridine rings is 1. The van der Waals surface area contributed by atoms with E-state index in [2.05, 4.69) is 18.0 Å². The monoisotopic (exact) mass is 198 g/mol. The summed E-state index contributed by atoms with van der Waals surface area (Å²) in [5.41, 5.74) is 11.4. The lowest BCUT2D eigenvalue weighted by atomic mass is 9.98. The van der Waals surface area contributed by atoms with Crippen molar-refractivity contribution in [2.45, 2.75) is 13.8 Å². The average molecular weight is 198 g/mol. The molecule has 0 spiro atoms. The Bertz CT molecular complexity index is 490. The van der Waals surface area contributed by atoms with Crippen LogP contribution in [0.4, 0.5) is 5.69 Å². The third-order valence-corrected chi connectivity index (χ3v) is 2.70. The van der Waals surface area contributed by atoms with Gasteiger partial charge in [0, 0.05) is 23.6 Å². The van der Waals surface area contributed by atoms with Gasteiger partial charge < -0.3 is 5.73 Å². The number of nitrogens with zero attached hydrogens (tertiary/aromatic N) is 1. The smallest absolute Gasteiger partial charge is 0.0349 e.